The second-order valence-corrected chi connectivity index (χ2v) is 7.25. The molecule has 1 aliphatic heterocycles. The van der Waals surface area contributed by atoms with Crippen molar-refractivity contribution in [3.63, 3.8) is 0 Å². The SMILES string of the molecule is CC.CC(C)C[C@H](C(O)C(C)C)[C@@H]1c2ccccc2-c2cncn21. The van der Waals surface area contributed by atoms with Gasteiger partial charge in [-0.25, -0.2) is 4.98 Å². The van der Waals surface area contributed by atoms with Gasteiger partial charge < -0.3 is 9.67 Å². The fourth-order valence-corrected chi connectivity index (χ4v) is 3.80. The maximum Gasteiger partial charge on any atom is 0.0956 e. The molecule has 132 valence electrons. The van der Waals surface area contributed by atoms with Crippen molar-refractivity contribution in [2.75, 3.05) is 0 Å². The minimum Gasteiger partial charge on any atom is -0.392 e. The molecule has 3 atom stereocenters. The number of hydrogen-bond acceptors (Lipinski definition) is 2. The van der Waals surface area contributed by atoms with E-state index in [1.807, 2.05) is 26.4 Å². The molecule has 0 spiro atoms. The van der Waals surface area contributed by atoms with Crippen molar-refractivity contribution in [2.45, 2.75) is 60.1 Å². The highest BCUT2D eigenvalue weighted by Crippen LogP contribution is 2.46. The van der Waals surface area contributed by atoms with E-state index in [9.17, 15) is 5.11 Å². The molecule has 1 aromatic carbocycles. The first-order chi connectivity index (χ1) is 11.5. The molecule has 2 aromatic rings. The van der Waals surface area contributed by atoms with Crippen LogP contribution in [0.3, 0.4) is 0 Å². The van der Waals surface area contributed by atoms with Gasteiger partial charge in [-0.05, 0) is 23.8 Å². The van der Waals surface area contributed by atoms with E-state index in [0.717, 1.165) is 6.42 Å². The molecule has 1 N–H and O–H groups in total. The Hall–Kier alpha value is -1.61. The summed E-state index contributed by atoms with van der Waals surface area (Å²) in [5.74, 6) is 1.01. The van der Waals surface area contributed by atoms with E-state index in [-0.39, 0.29) is 24.0 Å². The fraction of sp³-hybridized carbons (Fsp3) is 0.571. The summed E-state index contributed by atoms with van der Waals surface area (Å²) < 4.78 is 2.25. The highest BCUT2D eigenvalue weighted by atomic mass is 16.3. The van der Waals surface area contributed by atoms with Crippen LogP contribution in [0.1, 0.15) is 59.6 Å². The summed E-state index contributed by atoms with van der Waals surface area (Å²) in [4.78, 5) is 4.34. The highest BCUT2D eigenvalue weighted by Gasteiger charge is 2.38. The third kappa shape index (κ3) is 3.41. The Labute approximate surface area is 146 Å². The average molecular weight is 329 g/mol. The number of aliphatic hydroxyl groups is 1. The second kappa shape index (κ2) is 7.98. The molecule has 1 aromatic heterocycles. The molecule has 3 rings (SSSR count). The number of rotatable bonds is 5. The summed E-state index contributed by atoms with van der Waals surface area (Å²) >= 11 is 0. The van der Waals surface area contributed by atoms with Crippen LogP contribution >= 0.6 is 0 Å². The Morgan fingerprint density at radius 3 is 2.42 bits per heavy atom. The largest absolute Gasteiger partial charge is 0.392 e. The van der Waals surface area contributed by atoms with Crippen molar-refractivity contribution in [1.82, 2.24) is 9.55 Å². The van der Waals surface area contributed by atoms with Crippen molar-refractivity contribution in [1.29, 1.82) is 0 Å². The normalized spacial score (nSPS) is 18.0. The van der Waals surface area contributed by atoms with Crippen LogP contribution in [0.4, 0.5) is 0 Å². The number of aromatic nitrogens is 2. The third-order valence-corrected chi connectivity index (χ3v) is 4.79. The van der Waals surface area contributed by atoms with E-state index >= 15 is 0 Å². The number of fused-ring (bicyclic) bond motifs is 3. The molecule has 0 radical (unpaired) electrons. The van der Waals surface area contributed by atoms with Crippen molar-refractivity contribution in [3.05, 3.63) is 42.4 Å². The molecule has 2 heterocycles. The van der Waals surface area contributed by atoms with Gasteiger partial charge in [-0.15, -0.1) is 0 Å². The molecule has 0 fully saturated rings. The molecular formula is C21H32N2O. The summed E-state index contributed by atoms with van der Waals surface area (Å²) in [5, 5.41) is 10.9. The van der Waals surface area contributed by atoms with E-state index in [1.165, 1.54) is 16.8 Å². The molecule has 1 unspecified atom stereocenters. The van der Waals surface area contributed by atoms with Crippen molar-refractivity contribution in [3.8, 4) is 11.3 Å². The lowest BCUT2D eigenvalue weighted by molar-refractivity contribution is 0.0364. The molecule has 0 bridgehead atoms. The topological polar surface area (TPSA) is 38.1 Å². The quantitative estimate of drug-likeness (QED) is 0.823. The van der Waals surface area contributed by atoms with E-state index in [4.69, 9.17) is 0 Å². The van der Waals surface area contributed by atoms with Crippen LogP contribution in [0.5, 0.6) is 0 Å². The molecule has 0 saturated carbocycles. The van der Waals surface area contributed by atoms with Gasteiger partial charge in [0.05, 0.1) is 30.4 Å². The first-order valence-electron chi connectivity index (χ1n) is 9.30. The average Bonchev–Trinajstić information content (AvgIpc) is 3.14. The third-order valence-electron chi connectivity index (χ3n) is 4.79. The van der Waals surface area contributed by atoms with E-state index in [1.54, 1.807) is 0 Å². The van der Waals surface area contributed by atoms with Gasteiger partial charge >= 0.3 is 0 Å². The lowest BCUT2D eigenvalue weighted by atomic mass is 9.79. The molecule has 0 amide bonds. The van der Waals surface area contributed by atoms with Crippen LogP contribution in [0.15, 0.2) is 36.8 Å². The Balaban J connectivity index is 0.00000100. The van der Waals surface area contributed by atoms with Crippen LogP contribution in [-0.2, 0) is 0 Å². The standard InChI is InChI=1S/C19H26N2O.C2H6/c1-12(2)9-16(19(22)13(3)4)18-15-8-6-5-7-14(15)17-10-20-11-21(17)18;1-2/h5-8,10-13,16,18-19,22H,9H2,1-4H3;1-2H3/t16-,18-,19?;/m0./s1. The molecular weight excluding hydrogens is 296 g/mol. The molecule has 3 nitrogen and oxygen atoms in total. The lowest BCUT2D eigenvalue weighted by Crippen LogP contribution is -2.34. The van der Waals surface area contributed by atoms with Gasteiger partial charge in [-0.3, -0.25) is 0 Å². The Kier molecular flexibility index (Phi) is 6.22. The van der Waals surface area contributed by atoms with Gasteiger partial charge in [0.15, 0.2) is 0 Å². The Morgan fingerprint density at radius 2 is 1.79 bits per heavy atom. The molecule has 0 saturated heterocycles. The lowest BCUT2D eigenvalue weighted by Gasteiger charge is -2.33. The number of nitrogens with zero attached hydrogens (tertiary/aromatic N) is 2. The van der Waals surface area contributed by atoms with Gasteiger partial charge in [0.25, 0.3) is 0 Å². The van der Waals surface area contributed by atoms with Gasteiger partial charge in [0.2, 0.25) is 0 Å². The van der Waals surface area contributed by atoms with Crippen molar-refractivity contribution < 1.29 is 5.11 Å². The van der Waals surface area contributed by atoms with E-state index in [0.29, 0.717) is 5.92 Å². The second-order valence-electron chi connectivity index (χ2n) is 7.25. The maximum absolute atomic E-state index is 10.9. The Bertz CT molecular complexity index is 645. The number of benzene rings is 1. The van der Waals surface area contributed by atoms with Gasteiger partial charge in [-0.2, -0.15) is 0 Å². The number of hydrogen-bond donors (Lipinski definition) is 1. The zero-order valence-corrected chi connectivity index (χ0v) is 15.9. The molecule has 0 aliphatic carbocycles. The van der Waals surface area contributed by atoms with Gasteiger partial charge in [0.1, 0.15) is 0 Å². The minimum absolute atomic E-state index is 0.188. The summed E-state index contributed by atoms with van der Waals surface area (Å²) in [6.45, 7) is 12.7. The number of aliphatic hydroxyl groups excluding tert-OH is 1. The van der Waals surface area contributed by atoms with Crippen LogP contribution in [0.25, 0.3) is 11.3 Å². The summed E-state index contributed by atoms with van der Waals surface area (Å²) in [6.07, 6.45) is 4.55. The van der Waals surface area contributed by atoms with Crippen molar-refractivity contribution in [2.24, 2.45) is 17.8 Å². The summed E-state index contributed by atoms with van der Waals surface area (Å²) in [7, 11) is 0. The van der Waals surface area contributed by atoms with Crippen molar-refractivity contribution >= 4 is 0 Å². The zero-order chi connectivity index (χ0) is 17.9. The monoisotopic (exact) mass is 328 g/mol. The number of imidazole rings is 1. The zero-order valence-electron chi connectivity index (χ0n) is 15.9. The fourth-order valence-electron chi connectivity index (χ4n) is 3.80. The molecule has 1 aliphatic rings. The predicted molar refractivity (Wildman–Crippen MR) is 101 cm³/mol. The van der Waals surface area contributed by atoms with Crippen LogP contribution in [-0.4, -0.2) is 20.8 Å². The smallest absolute Gasteiger partial charge is 0.0956 e. The van der Waals surface area contributed by atoms with Crippen LogP contribution in [0.2, 0.25) is 0 Å². The first kappa shape index (κ1) is 18.7. The summed E-state index contributed by atoms with van der Waals surface area (Å²) in [6, 6.07) is 8.73. The van der Waals surface area contributed by atoms with Gasteiger partial charge in [0, 0.05) is 11.5 Å². The summed E-state index contributed by atoms with van der Waals surface area (Å²) in [5.41, 5.74) is 3.75. The maximum atomic E-state index is 10.9. The van der Waals surface area contributed by atoms with E-state index in [2.05, 4.69) is 61.5 Å². The first-order valence-corrected chi connectivity index (χ1v) is 9.30. The highest BCUT2D eigenvalue weighted by molar-refractivity contribution is 5.69. The van der Waals surface area contributed by atoms with Gasteiger partial charge in [-0.1, -0.05) is 65.8 Å². The van der Waals surface area contributed by atoms with Crippen LogP contribution < -0.4 is 0 Å². The predicted octanol–water partition coefficient (Wildman–Crippen LogP) is 5.16. The molecule has 3 heteroatoms. The van der Waals surface area contributed by atoms with E-state index < -0.39 is 0 Å². The van der Waals surface area contributed by atoms with Crippen LogP contribution in [0, 0.1) is 17.8 Å². The Morgan fingerprint density at radius 1 is 1.12 bits per heavy atom. The minimum atomic E-state index is -0.311. The molecule has 24 heavy (non-hydrogen) atoms.